The summed E-state index contributed by atoms with van der Waals surface area (Å²) in [4.78, 5) is 13.4. The molecule has 21 heavy (non-hydrogen) atoms. The van der Waals surface area contributed by atoms with E-state index in [1.165, 1.54) is 0 Å². The lowest BCUT2D eigenvalue weighted by Gasteiger charge is -2.31. The summed E-state index contributed by atoms with van der Waals surface area (Å²) < 4.78 is 27.0. The highest BCUT2D eigenvalue weighted by molar-refractivity contribution is 7.89. The number of carbonyl (C=O) groups is 1. The number of nitrogens with one attached hydrogen (secondary N) is 2. The summed E-state index contributed by atoms with van der Waals surface area (Å²) in [6.45, 7) is 5.95. The molecule has 0 aromatic rings. The van der Waals surface area contributed by atoms with Crippen LogP contribution >= 0.6 is 0 Å². The van der Waals surface area contributed by atoms with Gasteiger partial charge in [-0.2, -0.15) is 0 Å². The topological polar surface area (TPSA) is 78.5 Å². The van der Waals surface area contributed by atoms with E-state index in [1.807, 2.05) is 6.92 Å². The van der Waals surface area contributed by atoms with E-state index in [0.717, 1.165) is 38.8 Å². The Morgan fingerprint density at radius 2 is 1.95 bits per heavy atom. The summed E-state index contributed by atoms with van der Waals surface area (Å²) in [7, 11) is -1.57. The maximum Gasteiger partial charge on any atom is 0.233 e. The third-order valence-electron chi connectivity index (χ3n) is 3.87. The minimum absolute atomic E-state index is 0.00224. The van der Waals surface area contributed by atoms with Gasteiger partial charge in [0.2, 0.25) is 15.9 Å². The smallest absolute Gasteiger partial charge is 0.233 e. The minimum Gasteiger partial charge on any atom is -0.358 e. The molecule has 1 aliphatic rings. The van der Waals surface area contributed by atoms with Gasteiger partial charge in [0.25, 0.3) is 0 Å². The highest BCUT2D eigenvalue weighted by Crippen LogP contribution is 2.13. The van der Waals surface area contributed by atoms with E-state index in [2.05, 4.69) is 21.9 Å². The Bertz CT molecular complexity index is 417. The van der Waals surface area contributed by atoms with Gasteiger partial charge in [0, 0.05) is 26.2 Å². The van der Waals surface area contributed by atoms with E-state index in [0.29, 0.717) is 6.54 Å². The first-order valence-electron chi connectivity index (χ1n) is 7.79. The van der Waals surface area contributed by atoms with Crippen LogP contribution in [0.4, 0.5) is 0 Å². The number of amides is 1. The molecule has 1 heterocycles. The molecule has 0 aromatic heterocycles. The number of rotatable bonds is 8. The van der Waals surface area contributed by atoms with Gasteiger partial charge >= 0.3 is 0 Å². The van der Waals surface area contributed by atoms with Crippen molar-refractivity contribution in [3.05, 3.63) is 0 Å². The fourth-order valence-corrected chi connectivity index (χ4v) is 4.50. The molecule has 0 radical (unpaired) electrons. The fourth-order valence-electron chi connectivity index (χ4n) is 2.74. The SMILES string of the molecule is CCCC(C)CS(=O)(=O)NC1CCN(CC(=O)NC)CC1. The van der Waals surface area contributed by atoms with Crippen molar-refractivity contribution in [1.82, 2.24) is 14.9 Å². The van der Waals surface area contributed by atoms with Crippen LogP contribution in [-0.2, 0) is 14.8 Å². The van der Waals surface area contributed by atoms with Crippen LogP contribution in [0.25, 0.3) is 0 Å². The molecule has 1 rings (SSSR count). The van der Waals surface area contributed by atoms with Crippen molar-refractivity contribution >= 4 is 15.9 Å². The van der Waals surface area contributed by atoms with Gasteiger partial charge in [0.1, 0.15) is 0 Å². The molecular formula is C14H29N3O3S. The number of likely N-dealkylation sites (N-methyl/N-ethyl adjacent to an activating group) is 1. The van der Waals surface area contributed by atoms with E-state index >= 15 is 0 Å². The molecule has 1 amide bonds. The second kappa shape index (κ2) is 8.70. The molecule has 1 atom stereocenters. The summed E-state index contributed by atoms with van der Waals surface area (Å²) in [5, 5.41) is 2.60. The van der Waals surface area contributed by atoms with Crippen molar-refractivity contribution in [2.75, 3.05) is 32.4 Å². The number of carbonyl (C=O) groups excluding carboxylic acids is 1. The van der Waals surface area contributed by atoms with Gasteiger partial charge in [0.05, 0.1) is 12.3 Å². The molecule has 124 valence electrons. The fraction of sp³-hybridized carbons (Fsp3) is 0.929. The number of likely N-dealkylation sites (tertiary alicyclic amines) is 1. The van der Waals surface area contributed by atoms with Crippen molar-refractivity contribution in [2.24, 2.45) is 5.92 Å². The van der Waals surface area contributed by atoms with Gasteiger partial charge in [-0.05, 0) is 25.2 Å². The lowest BCUT2D eigenvalue weighted by atomic mass is 10.1. The summed E-state index contributed by atoms with van der Waals surface area (Å²) >= 11 is 0. The maximum absolute atomic E-state index is 12.1. The van der Waals surface area contributed by atoms with E-state index in [9.17, 15) is 13.2 Å². The predicted molar refractivity (Wildman–Crippen MR) is 84.5 cm³/mol. The van der Waals surface area contributed by atoms with Crippen LogP contribution in [0.3, 0.4) is 0 Å². The van der Waals surface area contributed by atoms with Gasteiger partial charge < -0.3 is 5.32 Å². The number of hydrogen-bond acceptors (Lipinski definition) is 4. The van der Waals surface area contributed by atoms with Crippen molar-refractivity contribution in [2.45, 2.75) is 45.6 Å². The highest BCUT2D eigenvalue weighted by atomic mass is 32.2. The second-order valence-electron chi connectivity index (χ2n) is 6.02. The molecule has 1 fully saturated rings. The van der Waals surface area contributed by atoms with Crippen LogP contribution < -0.4 is 10.0 Å². The first-order valence-corrected chi connectivity index (χ1v) is 9.44. The van der Waals surface area contributed by atoms with E-state index in [-0.39, 0.29) is 23.6 Å². The molecule has 0 spiro atoms. The zero-order chi connectivity index (χ0) is 15.9. The molecule has 0 aromatic carbocycles. The average Bonchev–Trinajstić information content (AvgIpc) is 2.40. The Balaban J connectivity index is 2.36. The molecule has 1 unspecified atom stereocenters. The quantitative estimate of drug-likeness (QED) is 0.685. The maximum atomic E-state index is 12.1. The molecule has 1 saturated heterocycles. The van der Waals surface area contributed by atoms with Gasteiger partial charge in [-0.1, -0.05) is 20.3 Å². The molecule has 2 N–H and O–H groups in total. The zero-order valence-corrected chi connectivity index (χ0v) is 14.2. The number of piperidine rings is 1. The largest absolute Gasteiger partial charge is 0.358 e. The second-order valence-corrected chi connectivity index (χ2v) is 7.82. The Morgan fingerprint density at radius 1 is 1.33 bits per heavy atom. The lowest BCUT2D eigenvalue weighted by molar-refractivity contribution is -0.122. The zero-order valence-electron chi connectivity index (χ0n) is 13.4. The predicted octanol–water partition coefficient (Wildman–Crippen LogP) is 0.552. The van der Waals surface area contributed by atoms with Gasteiger partial charge in [0.15, 0.2) is 0 Å². The monoisotopic (exact) mass is 319 g/mol. The van der Waals surface area contributed by atoms with Crippen LogP contribution in [0.2, 0.25) is 0 Å². The van der Waals surface area contributed by atoms with Crippen LogP contribution in [0, 0.1) is 5.92 Å². The molecular weight excluding hydrogens is 290 g/mol. The first kappa shape index (κ1) is 18.4. The van der Waals surface area contributed by atoms with E-state index in [1.54, 1.807) is 7.05 Å². The number of hydrogen-bond donors (Lipinski definition) is 2. The summed E-state index contributed by atoms with van der Waals surface area (Å²) in [6, 6.07) is 0.00441. The third-order valence-corrected chi connectivity index (χ3v) is 5.57. The van der Waals surface area contributed by atoms with Crippen LogP contribution in [0.1, 0.15) is 39.5 Å². The Morgan fingerprint density at radius 3 is 2.48 bits per heavy atom. The van der Waals surface area contributed by atoms with E-state index in [4.69, 9.17) is 0 Å². The minimum atomic E-state index is -3.20. The van der Waals surface area contributed by atoms with Gasteiger partial charge in [-0.25, -0.2) is 13.1 Å². The summed E-state index contributed by atoms with van der Waals surface area (Å²) in [5.74, 6) is 0.405. The average molecular weight is 319 g/mol. The van der Waals surface area contributed by atoms with Crippen molar-refractivity contribution < 1.29 is 13.2 Å². The van der Waals surface area contributed by atoms with Crippen LogP contribution in [-0.4, -0.2) is 57.7 Å². The van der Waals surface area contributed by atoms with Crippen molar-refractivity contribution in [3.63, 3.8) is 0 Å². The Hall–Kier alpha value is -0.660. The molecule has 1 aliphatic heterocycles. The number of nitrogens with zero attached hydrogens (tertiary/aromatic N) is 1. The van der Waals surface area contributed by atoms with Crippen molar-refractivity contribution in [1.29, 1.82) is 0 Å². The first-order chi connectivity index (χ1) is 9.86. The number of sulfonamides is 1. The summed E-state index contributed by atoms with van der Waals surface area (Å²) in [5.41, 5.74) is 0. The van der Waals surface area contributed by atoms with Gasteiger partial charge in [-0.3, -0.25) is 9.69 Å². The molecule has 6 nitrogen and oxygen atoms in total. The Kier molecular flexibility index (Phi) is 7.62. The lowest BCUT2D eigenvalue weighted by Crippen LogP contribution is -2.47. The third kappa shape index (κ3) is 7.24. The Labute approximate surface area is 128 Å². The highest BCUT2D eigenvalue weighted by Gasteiger charge is 2.25. The van der Waals surface area contributed by atoms with Crippen LogP contribution in [0.5, 0.6) is 0 Å². The van der Waals surface area contributed by atoms with Gasteiger partial charge in [-0.15, -0.1) is 0 Å². The molecule has 0 saturated carbocycles. The van der Waals surface area contributed by atoms with E-state index < -0.39 is 10.0 Å². The van der Waals surface area contributed by atoms with Crippen molar-refractivity contribution in [3.8, 4) is 0 Å². The molecule has 7 heteroatoms. The summed E-state index contributed by atoms with van der Waals surface area (Å²) in [6.07, 6.45) is 3.47. The standard InChI is InChI=1S/C14H29N3O3S/c1-4-5-12(2)11-21(19,20)16-13-6-8-17(9-7-13)10-14(18)15-3/h12-13,16H,4-11H2,1-3H3,(H,15,18). The molecule has 0 aliphatic carbocycles. The normalized spacial score (nSPS) is 19.4. The molecule has 0 bridgehead atoms. The van der Waals surface area contributed by atoms with Crippen LogP contribution in [0.15, 0.2) is 0 Å².